The van der Waals surface area contributed by atoms with Gasteiger partial charge in [-0.1, -0.05) is 20.3 Å². The van der Waals surface area contributed by atoms with Gasteiger partial charge in [0, 0.05) is 24.8 Å². The van der Waals surface area contributed by atoms with Crippen LogP contribution in [0.2, 0.25) is 0 Å². The van der Waals surface area contributed by atoms with Gasteiger partial charge in [-0.15, -0.1) is 0 Å². The summed E-state index contributed by atoms with van der Waals surface area (Å²) in [6.07, 6.45) is 3.79. The van der Waals surface area contributed by atoms with Gasteiger partial charge >= 0.3 is 0 Å². The van der Waals surface area contributed by atoms with E-state index in [2.05, 4.69) is 24.8 Å². The summed E-state index contributed by atoms with van der Waals surface area (Å²) in [5.41, 5.74) is 8.30. The number of hydrogen-bond donors (Lipinski definition) is 1. The molecule has 0 unspecified atom stereocenters. The average Bonchev–Trinajstić information content (AvgIpc) is 2.40. The van der Waals surface area contributed by atoms with Crippen molar-refractivity contribution in [3.8, 4) is 5.75 Å². The number of nitrogen functional groups attached to an aromatic ring is 1. The first-order valence-electron chi connectivity index (χ1n) is 6.76. The van der Waals surface area contributed by atoms with E-state index in [0.29, 0.717) is 11.1 Å². The highest BCUT2D eigenvalue weighted by molar-refractivity contribution is 5.62. The van der Waals surface area contributed by atoms with Crippen molar-refractivity contribution in [1.82, 2.24) is 0 Å². The number of anilines is 2. The fourth-order valence-electron chi connectivity index (χ4n) is 2.55. The average molecular weight is 248 g/mol. The van der Waals surface area contributed by atoms with Gasteiger partial charge in [0.15, 0.2) is 0 Å². The van der Waals surface area contributed by atoms with Crippen LogP contribution in [0.5, 0.6) is 5.75 Å². The van der Waals surface area contributed by atoms with Crippen molar-refractivity contribution in [2.45, 2.75) is 33.1 Å². The standard InChI is InChI=1S/C15H24N2O/c1-4-15(2)7-9-17(10-8-15)12-5-6-13(16)14(11-12)18-3/h5-6,11H,4,7-10,16H2,1-3H3. The second-order valence-corrected chi connectivity index (χ2v) is 5.58. The monoisotopic (exact) mass is 248 g/mol. The highest BCUT2D eigenvalue weighted by Crippen LogP contribution is 2.36. The lowest BCUT2D eigenvalue weighted by Crippen LogP contribution is -2.38. The molecule has 1 aromatic rings. The smallest absolute Gasteiger partial charge is 0.143 e. The number of methoxy groups -OCH3 is 1. The predicted molar refractivity (Wildman–Crippen MR) is 77.3 cm³/mol. The number of nitrogens with two attached hydrogens (primary N) is 1. The van der Waals surface area contributed by atoms with E-state index in [4.69, 9.17) is 10.5 Å². The molecule has 0 aliphatic carbocycles. The molecule has 0 atom stereocenters. The Kier molecular flexibility index (Phi) is 3.69. The molecule has 1 aromatic carbocycles. The van der Waals surface area contributed by atoms with Gasteiger partial charge in [0.25, 0.3) is 0 Å². The van der Waals surface area contributed by atoms with E-state index in [1.807, 2.05) is 12.1 Å². The molecule has 0 saturated carbocycles. The van der Waals surface area contributed by atoms with Crippen LogP contribution in [-0.2, 0) is 0 Å². The molecule has 1 fully saturated rings. The van der Waals surface area contributed by atoms with Crippen LogP contribution in [0.25, 0.3) is 0 Å². The zero-order valence-electron chi connectivity index (χ0n) is 11.7. The molecule has 3 heteroatoms. The first kappa shape index (κ1) is 13.1. The third kappa shape index (κ3) is 2.55. The summed E-state index contributed by atoms with van der Waals surface area (Å²) in [6.45, 7) is 6.94. The number of hydrogen-bond acceptors (Lipinski definition) is 3. The normalized spacial score (nSPS) is 18.7. The number of nitrogens with zero attached hydrogens (tertiary/aromatic N) is 1. The molecule has 0 radical (unpaired) electrons. The Hall–Kier alpha value is -1.38. The summed E-state index contributed by atoms with van der Waals surface area (Å²) in [5, 5.41) is 0. The van der Waals surface area contributed by atoms with Gasteiger partial charge in [0.2, 0.25) is 0 Å². The van der Waals surface area contributed by atoms with E-state index in [9.17, 15) is 0 Å². The van der Waals surface area contributed by atoms with Crippen LogP contribution in [0.4, 0.5) is 11.4 Å². The molecule has 100 valence electrons. The number of piperidine rings is 1. The molecule has 1 saturated heterocycles. The zero-order chi connectivity index (χ0) is 13.2. The Morgan fingerprint density at radius 1 is 1.33 bits per heavy atom. The quantitative estimate of drug-likeness (QED) is 0.834. The van der Waals surface area contributed by atoms with Crippen molar-refractivity contribution < 1.29 is 4.74 Å². The molecule has 0 bridgehead atoms. The molecular weight excluding hydrogens is 224 g/mol. The topological polar surface area (TPSA) is 38.5 Å². The maximum Gasteiger partial charge on any atom is 0.143 e. The van der Waals surface area contributed by atoms with Gasteiger partial charge in [-0.25, -0.2) is 0 Å². The molecule has 0 aromatic heterocycles. The van der Waals surface area contributed by atoms with E-state index < -0.39 is 0 Å². The van der Waals surface area contributed by atoms with Crippen molar-refractivity contribution in [2.75, 3.05) is 30.8 Å². The lowest BCUT2D eigenvalue weighted by atomic mass is 9.78. The maximum absolute atomic E-state index is 5.85. The van der Waals surface area contributed by atoms with Crippen LogP contribution >= 0.6 is 0 Å². The molecular formula is C15H24N2O. The van der Waals surface area contributed by atoms with Crippen molar-refractivity contribution in [1.29, 1.82) is 0 Å². The van der Waals surface area contributed by atoms with E-state index in [-0.39, 0.29) is 0 Å². The van der Waals surface area contributed by atoms with Crippen LogP contribution in [0.15, 0.2) is 18.2 Å². The molecule has 18 heavy (non-hydrogen) atoms. The van der Waals surface area contributed by atoms with Gasteiger partial charge < -0.3 is 15.4 Å². The Bertz CT molecular complexity index is 409. The zero-order valence-corrected chi connectivity index (χ0v) is 11.7. The van der Waals surface area contributed by atoms with Gasteiger partial charge in [-0.2, -0.15) is 0 Å². The van der Waals surface area contributed by atoms with Crippen LogP contribution in [0.1, 0.15) is 33.1 Å². The number of benzene rings is 1. The Balaban J connectivity index is 2.10. The van der Waals surface area contributed by atoms with Crippen molar-refractivity contribution >= 4 is 11.4 Å². The highest BCUT2D eigenvalue weighted by atomic mass is 16.5. The van der Waals surface area contributed by atoms with Crippen LogP contribution in [0, 0.1) is 5.41 Å². The highest BCUT2D eigenvalue weighted by Gasteiger charge is 2.28. The molecule has 1 aliphatic heterocycles. The fraction of sp³-hybridized carbons (Fsp3) is 0.600. The molecule has 1 aliphatic rings. The Labute approximate surface area is 110 Å². The summed E-state index contributed by atoms with van der Waals surface area (Å²) in [5.74, 6) is 0.774. The number of ether oxygens (including phenoxy) is 1. The van der Waals surface area contributed by atoms with Crippen molar-refractivity contribution in [3.63, 3.8) is 0 Å². The molecule has 0 amide bonds. The minimum absolute atomic E-state index is 0.522. The van der Waals surface area contributed by atoms with Crippen LogP contribution < -0.4 is 15.4 Å². The molecule has 0 spiro atoms. The van der Waals surface area contributed by atoms with Crippen molar-refractivity contribution in [2.24, 2.45) is 5.41 Å². The fourth-order valence-corrected chi connectivity index (χ4v) is 2.55. The first-order chi connectivity index (χ1) is 8.58. The largest absolute Gasteiger partial charge is 0.495 e. The lowest BCUT2D eigenvalue weighted by molar-refractivity contribution is 0.238. The third-order valence-electron chi connectivity index (χ3n) is 4.41. The summed E-state index contributed by atoms with van der Waals surface area (Å²) in [4.78, 5) is 2.43. The van der Waals surface area contributed by atoms with Crippen LogP contribution in [-0.4, -0.2) is 20.2 Å². The van der Waals surface area contributed by atoms with E-state index in [0.717, 1.165) is 18.8 Å². The van der Waals surface area contributed by atoms with E-state index in [1.165, 1.54) is 24.9 Å². The minimum Gasteiger partial charge on any atom is -0.495 e. The Morgan fingerprint density at radius 3 is 2.56 bits per heavy atom. The maximum atomic E-state index is 5.85. The SMILES string of the molecule is CCC1(C)CCN(c2ccc(N)c(OC)c2)CC1. The number of rotatable bonds is 3. The van der Waals surface area contributed by atoms with E-state index in [1.54, 1.807) is 7.11 Å². The Morgan fingerprint density at radius 2 is 2.00 bits per heavy atom. The van der Waals surface area contributed by atoms with Crippen molar-refractivity contribution in [3.05, 3.63) is 18.2 Å². The molecule has 2 N–H and O–H groups in total. The minimum atomic E-state index is 0.522. The first-order valence-corrected chi connectivity index (χ1v) is 6.76. The second-order valence-electron chi connectivity index (χ2n) is 5.58. The summed E-state index contributed by atoms with van der Waals surface area (Å²) in [6, 6.07) is 6.07. The molecule has 2 rings (SSSR count). The van der Waals surface area contributed by atoms with Crippen LogP contribution in [0.3, 0.4) is 0 Å². The summed E-state index contributed by atoms with van der Waals surface area (Å²) < 4.78 is 5.29. The second kappa shape index (κ2) is 5.09. The van der Waals surface area contributed by atoms with E-state index >= 15 is 0 Å². The third-order valence-corrected chi connectivity index (χ3v) is 4.41. The molecule has 1 heterocycles. The van der Waals surface area contributed by atoms with Gasteiger partial charge in [0.05, 0.1) is 12.8 Å². The van der Waals surface area contributed by atoms with Gasteiger partial charge in [-0.05, 0) is 30.4 Å². The van der Waals surface area contributed by atoms with Gasteiger partial charge in [-0.3, -0.25) is 0 Å². The predicted octanol–water partition coefficient (Wildman–Crippen LogP) is 3.29. The summed E-state index contributed by atoms with van der Waals surface area (Å²) in [7, 11) is 1.67. The van der Waals surface area contributed by atoms with Gasteiger partial charge in [0.1, 0.15) is 5.75 Å². The lowest BCUT2D eigenvalue weighted by Gasteiger charge is -2.40. The molecule has 3 nitrogen and oxygen atoms in total. The summed E-state index contributed by atoms with van der Waals surface area (Å²) >= 11 is 0.